The first kappa shape index (κ1) is 8.29. The van der Waals surface area contributed by atoms with Gasteiger partial charge in [0.15, 0.2) is 0 Å². The van der Waals surface area contributed by atoms with Crippen molar-refractivity contribution in [3.8, 4) is 0 Å². The van der Waals surface area contributed by atoms with Crippen molar-refractivity contribution in [2.75, 3.05) is 11.9 Å². The maximum atomic E-state index is 11.7. The lowest BCUT2D eigenvalue weighted by atomic mass is 10.3. The summed E-state index contributed by atoms with van der Waals surface area (Å²) in [5.74, 6) is 0.996. The molecule has 1 aliphatic carbocycles. The number of rotatable bonds is 2. The molecule has 0 bridgehead atoms. The van der Waals surface area contributed by atoms with E-state index < -0.39 is 0 Å². The van der Waals surface area contributed by atoms with Crippen molar-refractivity contribution in [1.82, 2.24) is 10.2 Å². The van der Waals surface area contributed by atoms with E-state index in [1.54, 1.807) is 24.3 Å². The Morgan fingerprint density at radius 1 is 1.77 bits per heavy atom. The molecule has 1 N–H and O–H groups in total. The second-order valence-electron chi connectivity index (χ2n) is 3.67. The predicted molar refractivity (Wildman–Crippen MR) is 49.3 cm³/mol. The smallest absolute Gasteiger partial charge is 0.230 e. The number of anilines is 1. The lowest BCUT2D eigenvalue weighted by Gasteiger charge is -2.14. The Labute approximate surface area is 76.9 Å². The third-order valence-electron chi connectivity index (χ3n) is 2.63. The van der Waals surface area contributed by atoms with Gasteiger partial charge in [0.25, 0.3) is 0 Å². The van der Waals surface area contributed by atoms with E-state index in [0.717, 1.165) is 12.1 Å². The van der Waals surface area contributed by atoms with Crippen molar-refractivity contribution < 1.29 is 4.79 Å². The second kappa shape index (κ2) is 2.87. The number of amides is 1. The molecule has 0 aromatic carbocycles. The first-order valence-corrected chi connectivity index (χ1v) is 4.46. The van der Waals surface area contributed by atoms with Crippen LogP contribution >= 0.6 is 0 Å². The van der Waals surface area contributed by atoms with Crippen molar-refractivity contribution >= 4 is 11.6 Å². The summed E-state index contributed by atoms with van der Waals surface area (Å²) < 4.78 is 0. The average molecular weight is 179 g/mol. The summed E-state index contributed by atoms with van der Waals surface area (Å²) in [5, 5.41) is 6.50. The maximum Gasteiger partial charge on any atom is 0.230 e. The summed E-state index contributed by atoms with van der Waals surface area (Å²) >= 11 is 0. The zero-order valence-electron chi connectivity index (χ0n) is 7.82. The molecule has 1 heterocycles. The van der Waals surface area contributed by atoms with Gasteiger partial charge in [0.2, 0.25) is 5.91 Å². The fourth-order valence-corrected chi connectivity index (χ4v) is 1.47. The highest BCUT2D eigenvalue weighted by Gasteiger charge is 2.40. The Balaban J connectivity index is 2.05. The molecule has 4 heteroatoms. The van der Waals surface area contributed by atoms with Crippen molar-refractivity contribution in [2.24, 2.45) is 11.8 Å². The Morgan fingerprint density at radius 2 is 2.46 bits per heavy atom. The molecule has 0 aliphatic heterocycles. The standard InChI is InChI=1S/C9H13N3O/c1-6-3-8(6)9(13)12(2)7-4-10-11-5-7/h4-6,8H,3H2,1-2H3,(H,10,11). The van der Waals surface area contributed by atoms with Gasteiger partial charge in [-0.3, -0.25) is 9.89 Å². The number of hydrogen-bond acceptors (Lipinski definition) is 2. The fourth-order valence-electron chi connectivity index (χ4n) is 1.47. The molecule has 0 saturated heterocycles. The SMILES string of the molecule is CC1CC1C(=O)N(C)c1cn[nH]c1. The number of hydrogen-bond donors (Lipinski definition) is 1. The minimum atomic E-state index is 0.203. The van der Waals surface area contributed by atoms with Gasteiger partial charge in [-0.2, -0.15) is 5.10 Å². The summed E-state index contributed by atoms with van der Waals surface area (Å²) in [4.78, 5) is 13.4. The van der Waals surface area contributed by atoms with Crippen LogP contribution in [0.5, 0.6) is 0 Å². The number of aromatic amines is 1. The van der Waals surface area contributed by atoms with Gasteiger partial charge in [-0.1, -0.05) is 6.92 Å². The molecule has 1 aromatic rings. The molecule has 1 saturated carbocycles. The average Bonchev–Trinajstić information content (AvgIpc) is 2.69. The highest BCUT2D eigenvalue weighted by molar-refractivity contribution is 5.95. The molecule has 2 rings (SSSR count). The quantitative estimate of drug-likeness (QED) is 0.737. The van der Waals surface area contributed by atoms with Gasteiger partial charge < -0.3 is 4.90 Å². The molecule has 1 aromatic heterocycles. The number of carbonyl (C=O) groups excluding carboxylic acids is 1. The van der Waals surface area contributed by atoms with Gasteiger partial charge in [-0.05, 0) is 12.3 Å². The molecule has 2 atom stereocenters. The molecule has 2 unspecified atom stereocenters. The summed E-state index contributed by atoms with van der Waals surface area (Å²) in [5.41, 5.74) is 0.837. The fraction of sp³-hybridized carbons (Fsp3) is 0.556. The molecule has 1 fully saturated rings. The van der Waals surface area contributed by atoms with Crippen LogP contribution in [-0.4, -0.2) is 23.2 Å². The van der Waals surface area contributed by atoms with Gasteiger partial charge in [0.05, 0.1) is 11.9 Å². The zero-order valence-corrected chi connectivity index (χ0v) is 7.82. The number of carbonyl (C=O) groups is 1. The van der Waals surface area contributed by atoms with Crippen molar-refractivity contribution in [1.29, 1.82) is 0 Å². The predicted octanol–water partition coefficient (Wildman–Crippen LogP) is 1.03. The minimum Gasteiger partial charge on any atom is -0.312 e. The van der Waals surface area contributed by atoms with Crippen LogP contribution in [0.25, 0.3) is 0 Å². The molecule has 0 radical (unpaired) electrons. The van der Waals surface area contributed by atoms with Gasteiger partial charge in [0, 0.05) is 19.2 Å². The Morgan fingerprint density at radius 3 is 2.92 bits per heavy atom. The number of H-pyrrole nitrogens is 1. The van der Waals surface area contributed by atoms with Crippen molar-refractivity contribution in [3.05, 3.63) is 12.4 Å². The van der Waals surface area contributed by atoms with E-state index in [-0.39, 0.29) is 11.8 Å². The number of aromatic nitrogens is 2. The molecule has 1 amide bonds. The van der Waals surface area contributed by atoms with Crippen LogP contribution in [-0.2, 0) is 4.79 Å². The van der Waals surface area contributed by atoms with Gasteiger partial charge in [-0.15, -0.1) is 0 Å². The Bertz CT molecular complexity index is 307. The van der Waals surface area contributed by atoms with Gasteiger partial charge in [0.1, 0.15) is 0 Å². The molecular weight excluding hydrogens is 166 g/mol. The normalized spacial score (nSPS) is 25.7. The lowest BCUT2D eigenvalue weighted by Crippen LogP contribution is -2.27. The van der Waals surface area contributed by atoms with Crippen LogP contribution < -0.4 is 4.90 Å². The van der Waals surface area contributed by atoms with E-state index in [1.807, 2.05) is 0 Å². The third-order valence-corrected chi connectivity index (χ3v) is 2.63. The summed E-state index contributed by atoms with van der Waals surface area (Å²) in [6, 6.07) is 0. The maximum absolute atomic E-state index is 11.7. The van der Waals surface area contributed by atoms with Crippen LogP contribution in [0.15, 0.2) is 12.4 Å². The van der Waals surface area contributed by atoms with Crippen LogP contribution in [0.3, 0.4) is 0 Å². The summed E-state index contributed by atoms with van der Waals surface area (Å²) in [6.45, 7) is 2.10. The first-order valence-electron chi connectivity index (χ1n) is 4.46. The summed E-state index contributed by atoms with van der Waals surface area (Å²) in [7, 11) is 1.79. The van der Waals surface area contributed by atoms with E-state index in [0.29, 0.717) is 5.92 Å². The molecule has 0 spiro atoms. The molecular formula is C9H13N3O. The van der Waals surface area contributed by atoms with E-state index in [2.05, 4.69) is 17.1 Å². The van der Waals surface area contributed by atoms with Crippen LogP contribution in [0, 0.1) is 11.8 Å². The van der Waals surface area contributed by atoms with Crippen molar-refractivity contribution in [3.63, 3.8) is 0 Å². The Kier molecular flexibility index (Phi) is 1.83. The number of nitrogens with zero attached hydrogens (tertiary/aromatic N) is 2. The van der Waals surface area contributed by atoms with Gasteiger partial charge >= 0.3 is 0 Å². The van der Waals surface area contributed by atoms with E-state index in [9.17, 15) is 4.79 Å². The van der Waals surface area contributed by atoms with Crippen LogP contribution in [0.1, 0.15) is 13.3 Å². The molecule has 70 valence electrons. The minimum absolute atomic E-state index is 0.203. The lowest BCUT2D eigenvalue weighted by molar-refractivity contribution is -0.119. The van der Waals surface area contributed by atoms with Crippen molar-refractivity contribution in [2.45, 2.75) is 13.3 Å². The third kappa shape index (κ3) is 1.43. The molecule has 1 aliphatic rings. The zero-order chi connectivity index (χ0) is 9.42. The van der Waals surface area contributed by atoms with E-state index in [4.69, 9.17) is 0 Å². The second-order valence-corrected chi connectivity index (χ2v) is 3.67. The van der Waals surface area contributed by atoms with Crippen LogP contribution in [0.2, 0.25) is 0 Å². The Hall–Kier alpha value is -1.32. The van der Waals surface area contributed by atoms with E-state index in [1.165, 1.54) is 0 Å². The highest BCUT2D eigenvalue weighted by Crippen LogP contribution is 2.39. The largest absolute Gasteiger partial charge is 0.312 e. The van der Waals surface area contributed by atoms with Gasteiger partial charge in [-0.25, -0.2) is 0 Å². The topological polar surface area (TPSA) is 49.0 Å². The molecule has 13 heavy (non-hydrogen) atoms. The summed E-state index contributed by atoms with van der Waals surface area (Å²) in [6.07, 6.45) is 4.41. The highest BCUT2D eigenvalue weighted by atomic mass is 16.2. The first-order chi connectivity index (χ1) is 6.20. The molecule has 4 nitrogen and oxygen atoms in total. The monoisotopic (exact) mass is 179 g/mol. The van der Waals surface area contributed by atoms with E-state index >= 15 is 0 Å². The number of nitrogens with one attached hydrogen (secondary N) is 1. The van der Waals surface area contributed by atoms with Crippen LogP contribution in [0.4, 0.5) is 5.69 Å².